The number of nitrogens with one attached hydrogen (secondary N) is 1. The van der Waals surface area contributed by atoms with Crippen molar-refractivity contribution in [1.82, 2.24) is 5.32 Å². The molecule has 0 radical (unpaired) electrons. The Kier molecular flexibility index (Phi) is 3.61. The third-order valence-electron chi connectivity index (χ3n) is 3.29. The molecule has 0 aliphatic carbocycles. The summed E-state index contributed by atoms with van der Waals surface area (Å²) in [6, 6.07) is 5.00. The van der Waals surface area contributed by atoms with Crippen LogP contribution in [0, 0.1) is 10.1 Å². The Morgan fingerprint density at radius 3 is 2.79 bits per heavy atom. The van der Waals surface area contributed by atoms with Crippen molar-refractivity contribution < 1.29 is 9.66 Å². The Hall–Kier alpha value is -1.82. The molecule has 0 saturated carbocycles. The molecule has 2 rings (SSSR count). The number of nitro benzene ring substituents is 1. The van der Waals surface area contributed by atoms with Gasteiger partial charge in [0, 0.05) is 25.2 Å². The maximum Gasteiger partial charge on any atom is 0.296 e. The second-order valence-corrected chi connectivity index (χ2v) is 5.34. The summed E-state index contributed by atoms with van der Waals surface area (Å²) < 4.78 is 5.05. The van der Waals surface area contributed by atoms with Crippen LogP contribution in [0.25, 0.3) is 0 Å². The van der Waals surface area contributed by atoms with E-state index in [1.54, 1.807) is 12.1 Å². The molecule has 1 heterocycles. The molecular weight excluding hydrogens is 246 g/mol. The normalized spacial score (nSPS) is 18.2. The second-order valence-electron chi connectivity index (χ2n) is 5.34. The van der Waals surface area contributed by atoms with Crippen molar-refractivity contribution in [1.29, 1.82) is 0 Å². The summed E-state index contributed by atoms with van der Waals surface area (Å²) in [7, 11) is 1.51. The zero-order valence-electron chi connectivity index (χ0n) is 11.5. The molecule has 1 saturated heterocycles. The van der Waals surface area contributed by atoms with Crippen LogP contribution in [0.1, 0.15) is 13.8 Å². The fraction of sp³-hybridized carbons (Fsp3) is 0.538. The van der Waals surface area contributed by atoms with Crippen molar-refractivity contribution >= 4 is 11.4 Å². The molecule has 0 amide bonds. The third kappa shape index (κ3) is 2.96. The largest absolute Gasteiger partial charge is 0.496 e. The minimum absolute atomic E-state index is 0.0496. The average Bonchev–Trinajstić information content (AvgIpc) is 2.36. The average molecular weight is 265 g/mol. The van der Waals surface area contributed by atoms with Gasteiger partial charge in [-0.2, -0.15) is 0 Å². The van der Waals surface area contributed by atoms with Crippen molar-refractivity contribution in [3.05, 3.63) is 28.3 Å². The lowest BCUT2D eigenvalue weighted by Gasteiger charge is -2.40. The quantitative estimate of drug-likeness (QED) is 0.666. The highest BCUT2D eigenvalue weighted by Crippen LogP contribution is 2.33. The first-order valence-corrected chi connectivity index (χ1v) is 6.25. The number of anilines is 1. The topological polar surface area (TPSA) is 67.6 Å². The van der Waals surface area contributed by atoms with E-state index in [9.17, 15) is 10.1 Å². The van der Waals surface area contributed by atoms with Gasteiger partial charge in [-0.25, -0.2) is 0 Å². The van der Waals surface area contributed by atoms with Crippen LogP contribution in [0.3, 0.4) is 0 Å². The Labute approximate surface area is 112 Å². The smallest absolute Gasteiger partial charge is 0.296 e. The molecule has 0 unspecified atom stereocenters. The van der Waals surface area contributed by atoms with E-state index in [0.717, 1.165) is 19.6 Å². The van der Waals surface area contributed by atoms with Gasteiger partial charge in [0.25, 0.3) is 5.69 Å². The van der Waals surface area contributed by atoms with Gasteiger partial charge in [-0.05, 0) is 26.0 Å². The van der Waals surface area contributed by atoms with Gasteiger partial charge in [-0.15, -0.1) is 0 Å². The van der Waals surface area contributed by atoms with Gasteiger partial charge in [-0.3, -0.25) is 10.1 Å². The molecule has 1 aliphatic rings. The van der Waals surface area contributed by atoms with Gasteiger partial charge in [0.05, 0.1) is 18.1 Å². The molecule has 1 aromatic carbocycles. The molecule has 1 N–H and O–H groups in total. The first kappa shape index (κ1) is 13.6. The van der Waals surface area contributed by atoms with Crippen LogP contribution in [0.4, 0.5) is 11.4 Å². The van der Waals surface area contributed by atoms with E-state index in [-0.39, 0.29) is 16.1 Å². The van der Waals surface area contributed by atoms with Gasteiger partial charge >= 0.3 is 0 Å². The molecule has 104 valence electrons. The van der Waals surface area contributed by atoms with Crippen molar-refractivity contribution in [3.63, 3.8) is 0 Å². The predicted molar refractivity (Wildman–Crippen MR) is 73.9 cm³/mol. The van der Waals surface area contributed by atoms with Crippen molar-refractivity contribution in [2.45, 2.75) is 19.4 Å². The number of ether oxygens (including phenoxy) is 1. The summed E-state index contributed by atoms with van der Waals surface area (Å²) in [6.45, 7) is 6.50. The summed E-state index contributed by atoms with van der Waals surface area (Å²) in [4.78, 5) is 12.9. The molecule has 6 nitrogen and oxygen atoms in total. The number of piperazine rings is 1. The zero-order chi connectivity index (χ0) is 14.0. The SMILES string of the molecule is COc1ccc(N2CCNC(C)(C)C2)c([N+](=O)[O-])c1. The standard InChI is InChI=1S/C13H19N3O3/c1-13(2)9-15(7-6-14-13)11-5-4-10(19-3)8-12(11)16(17)18/h4-5,8,14H,6-7,9H2,1-3H3. The van der Waals surface area contributed by atoms with Crippen LogP contribution in [0.5, 0.6) is 5.75 Å². The van der Waals surface area contributed by atoms with Crippen molar-refractivity contribution in [3.8, 4) is 5.75 Å². The number of nitro groups is 1. The zero-order valence-corrected chi connectivity index (χ0v) is 11.5. The number of rotatable bonds is 3. The molecule has 6 heteroatoms. The maximum absolute atomic E-state index is 11.2. The minimum Gasteiger partial charge on any atom is -0.496 e. The molecule has 0 atom stereocenters. The van der Waals surface area contributed by atoms with E-state index in [0.29, 0.717) is 11.4 Å². The molecule has 0 aromatic heterocycles. The Morgan fingerprint density at radius 1 is 1.47 bits per heavy atom. The number of hydrogen-bond acceptors (Lipinski definition) is 5. The maximum atomic E-state index is 11.2. The van der Waals surface area contributed by atoms with Crippen LogP contribution in [-0.2, 0) is 0 Å². The molecule has 1 fully saturated rings. The van der Waals surface area contributed by atoms with Gasteiger partial charge in [0.15, 0.2) is 0 Å². The Bertz CT molecular complexity index is 488. The van der Waals surface area contributed by atoms with E-state index in [1.165, 1.54) is 13.2 Å². The molecule has 0 bridgehead atoms. The summed E-state index contributed by atoms with van der Waals surface area (Å²) in [5, 5.41) is 14.6. The number of hydrogen-bond donors (Lipinski definition) is 1. The van der Waals surface area contributed by atoms with Gasteiger partial charge in [0.1, 0.15) is 11.4 Å². The van der Waals surface area contributed by atoms with E-state index < -0.39 is 0 Å². The monoisotopic (exact) mass is 265 g/mol. The Balaban J connectivity index is 2.35. The molecular formula is C13H19N3O3. The van der Waals surface area contributed by atoms with Crippen LogP contribution >= 0.6 is 0 Å². The van der Waals surface area contributed by atoms with E-state index in [4.69, 9.17) is 4.74 Å². The summed E-state index contributed by atoms with van der Waals surface area (Å²) in [5.74, 6) is 0.504. The molecule has 19 heavy (non-hydrogen) atoms. The van der Waals surface area contributed by atoms with Crippen LogP contribution in [0.15, 0.2) is 18.2 Å². The van der Waals surface area contributed by atoms with E-state index in [2.05, 4.69) is 19.2 Å². The number of methoxy groups -OCH3 is 1. The second kappa shape index (κ2) is 5.05. The van der Waals surface area contributed by atoms with E-state index in [1.807, 2.05) is 4.90 Å². The summed E-state index contributed by atoms with van der Waals surface area (Å²) in [5.41, 5.74) is 0.698. The van der Waals surface area contributed by atoms with Crippen LogP contribution in [0.2, 0.25) is 0 Å². The third-order valence-corrected chi connectivity index (χ3v) is 3.29. The minimum atomic E-state index is -0.354. The summed E-state index contributed by atoms with van der Waals surface area (Å²) in [6.07, 6.45) is 0. The lowest BCUT2D eigenvalue weighted by Crippen LogP contribution is -2.57. The van der Waals surface area contributed by atoms with Crippen LogP contribution < -0.4 is 15.0 Å². The number of benzene rings is 1. The van der Waals surface area contributed by atoms with Gasteiger partial charge in [0.2, 0.25) is 0 Å². The highest BCUT2D eigenvalue weighted by Gasteiger charge is 2.29. The molecule has 1 aliphatic heterocycles. The van der Waals surface area contributed by atoms with Crippen molar-refractivity contribution in [2.24, 2.45) is 0 Å². The van der Waals surface area contributed by atoms with Crippen molar-refractivity contribution in [2.75, 3.05) is 31.6 Å². The lowest BCUT2D eigenvalue weighted by molar-refractivity contribution is -0.384. The Morgan fingerprint density at radius 2 is 2.21 bits per heavy atom. The predicted octanol–water partition coefficient (Wildman–Crippen LogP) is 1.79. The van der Waals surface area contributed by atoms with E-state index >= 15 is 0 Å². The highest BCUT2D eigenvalue weighted by atomic mass is 16.6. The first-order valence-electron chi connectivity index (χ1n) is 6.25. The van der Waals surface area contributed by atoms with Crippen LogP contribution in [-0.4, -0.2) is 37.2 Å². The van der Waals surface area contributed by atoms with Gasteiger partial charge in [-0.1, -0.05) is 0 Å². The first-order chi connectivity index (χ1) is 8.93. The number of nitrogens with zero attached hydrogens (tertiary/aromatic N) is 2. The molecule has 1 aromatic rings. The fourth-order valence-electron chi connectivity index (χ4n) is 2.39. The fourth-order valence-corrected chi connectivity index (χ4v) is 2.39. The highest BCUT2D eigenvalue weighted by molar-refractivity contribution is 5.66. The molecule has 0 spiro atoms. The lowest BCUT2D eigenvalue weighted by atomic mass is 10.0. The summed E-state index contributed by atoms with van der Waals surface area (Å²) >= 11 is 0. The van der Waals surface area contributed by atoms with Gasteiger partial charge < -0.3 is 15.0 Å².